The van der Waals surface area contributed by atoms with Crippen molar-refractivity contribution in [3.05, 3.63) is 96.2 Å². The molecule has 0 saturated carbocycles. The quantitative estimate of drug-likeness (QED) is 0.327. The summed E-state index contributed by atoms with van der Waals surface area (Å²) in [5.74, 6) is -0.582. The van der Waals surface area contributed by atoms with Crippen LogP contribution in [-0.2, 0) is 16.6 Å². The van der Waals surface area contributed by atoms with E-state index in [4.69, 9.17) is 5.21 Å². The predicted octanol–water partition coefficient (Wildman–Crippen LogP) is 3.61. The van der Waals surface area contributed by atoms with Gasteiger partial charge >= 0.3 is 0 Å². The van der Waals surface area contributed by atoms with E-state index in [9.17, 15) is 13.2 Å². The van der Waals surface area contributed by atoms with Crippen LogP contribution < -0.4 is 10.2 Å². The van der Waals surface area contributed by atoms with Gasteiger partial charge in [0.1, 0.15) is 0 Å². The van der Waals surface area contributed by atoms with Crippen molar-refractivity contribution < 1.29 is 18.4 Å². The van der Waals surface area contributed by atoms with Crippen LogP contribution >= 0.6 is 0 Å². The zero-order valence-electron chi connectivity index (χ0n) is 15.8. The Kier molecular flexibility index (Phi) is 5.26. The highest BCUT2D eigenvalue weighted by atomic mass is 32.2. The SMILES string of the molecule is O=C(NO)c1ccc2ccn(Cc3cccc(NS(=O)(=O)c4ccccc4)c3)c2c1. The molecule has 0 unspecified atom stereocenters. The summed E-state index contributed by atoms with van der Waals surface area (Å²) in [6, 6.07) is 22.4. The molecule has 3 aromatic carbocycles. The third-order valence-electron chi connectivity index (χ3n) is 4.72. The monoisotopic (exact) mass is 421 g/mol. The Labute approximate surface area is 173 Å². The average Bonchev–Trinajstić information content (AvgIpc) is 3.15. The molecule has 0 aliphatic rings. The van der Waals surface area contributed by atoms with Crippen molar-refractivity contribution in [2.45, 2.75) is 11.4 Å². The van der Waals surface area contributed by atoms with Gasteiger partial charge in [-0.2, -0.15) is 0 Å². The zero-order valence-corrected chi connectivity index (χ0v) is 16.6. The van der Waals surface area contributed by atoms with Crippen molar-refractivity contribution in [2.75, 3.05) is 4.72 Å². The maximum Gasteiger partial charge on any atom is 0.274 e. The van der Waals surface area contributed by atoms with Gasteiger partial charge in [0.15, 0.2) is 0 Å². The van der Waals surface area contributed by atoms with Crippen molar-refractivity contribution in [1.29, 1.82) is 0 Å². The largest absolute Gasteiger partial charge is 0.343 e. The fraction of sp³-hybridized carbons (Fsp3) is 0.0455. The standard InChI is InChI=1S/C22H19N3O4S/c26-22(23-27)18-10-9-17-11-12-25(21(17)14-18)15-16-5-4-6-19(13-16)24-30(28,29)20-7-2-1-3-8-20/h1-14,24,27H,15H2,(H,23,26). The van der Waals surface area contributed by atoms with Crippen LogP contribution in [0.4, 0.5) is 5.69 Å². The maximum atomic E-state index is 12.6. The van der Waals surface area contributed by atoms with Gasteiger partial charge in [0.05, 0.1) is 4.90 Å². The first-order valence-corrected chi connectivity index (χ1v) is 10.6. The molecular weight excluding hydrogens is 402 g/mol. The minimum atomic E-state index is -3.67. The van der Waals surface area contributed by atoms with Gasteiger partial charge in [0, 0.05) is 29.5 Å². The van der Waals surface area contributed by atoms with Gasteiger partial charge in [-0.05, 0) is 53.4 Å². The van der Waals surface area contributed by atoms with E-state index >= 15 is 0 Å². The lowest BCUT2D eigenvalue weighted by Gasteiger charge is -2.11. The van der Waals surface area contributed by atoms with Gasteiger partial charge in [-0.15, -0.1) is 0 Å². The summed E-state index contributed by atoms with van der Waals surface area (Å²) in [6.45, 7) is 0.481. The van der Waals surface area contributed by atoms with E-state index in [1.165, 1.54) is 12.1 Å². The van der Waals surface area contributed by atoms with Gasteiger partial charge in [-0.3, -0.25) is 14.7 Å². The third kappa shape index (κ3) is 4.05. The molecule has 30 heavy (non-hydrogen) atoms. The lowest BCUT2D eigenvalue weighted by Crippen LogP contribution is -2.18. The number of nitrogens with one attached hydrogen (secondary N) is 2. The van der Waals surface area contributed by atoms with Crippen molar-refractivity contribution in [2.24, 2.45) is 0 Å². The molecule has 7 nitrogen and oxygen atoms in total. The second-order valence-electron chi connectivity index (χ2n) is 6.78. The molecule has 1 amide bonds. The van der Waals surface area contributed by atoms with Crippen molar-refractivity contribution >= 4 is 32.5 Å². The molecule has 0 spiro atoms. The maximum absolute atomic E-state index is 12.6. The molecule has 8 heteroatoms. The third-order valence-corrected chi connectivity index (χ3v) is 6.12. The van der Waals surface area contributed by atoms with E-state index in [0.29, 0.717) is 17.8 Å². The number of hydroxylamine groups is 1. The number of fused-ring (bicyclic) bond motifs is 1. The first kappa shape index (κ1) is 19.7. The number of sulfonamides is 1. The van der Waals surface area contributed by atoms with Crippen molar-refractivity contribution in [1.82, 2.24) is 10.0 Å². The Morgan fingerprint density at radius 1 is 0.933 bits per heavy atom. The topological polar surface area (TPSA) is 100 Å². The van der Waals surface area contributed by atoms with Crippen LogP contribution in [0.5, 0.6) is 0 Å². The molecule has 4 aromatic rings. The van der Waals surface area contributed by atoms with Crippen LogP contribution in [0.3, 0.4) is 0 Å². The summed E-state index contributed by atoms with van der Waals surface area (Å²) in [7, 11) is -3.67. The molecule has 0 atom stereocenters. The van der Waals surface area contributed by atoms with Crippen LogP contribution in [-0.4, -0.2) is 24.1 Å². The molecule has 0 bridgehead atoms. The van der Waals surface area contributed by atoms with E-state index in [-0.39, 0.29) is 4.90 Å². The molecule has 0 fully saturated rings. The van der Waals surface area contributed by atoms with Crippen LogP contribution in [0, 0.1) is 0 Å². The zero-order chi connectivity index (χ0) is 21.1. The minimum Gasteiger partial charge on any atom is -0.343 e. The van der Waals surface area contributed by atoms with E-state index in [1.807, 2.05) is 22.9 Å². The highest BCUT2D eigenvalue weighted by Gasteiger charge is 2.14. The fourth-order valence-corrected chi connectivity index (χ4v) is 4.34. The molecule has 0 saturated heterocycles. The van der Waals surface area contributed by atoms with Crippen LogP contribution in [0.2, 0.25) is 0 Å². The van der Waals surface area contributed by atoms with E-state index < -0.39 is 15.9 Å². The summed E-state index contributed by atoms with van der Waals surface area (Å²) < 4.78 is 29.7. The van der Waals surface area contributed by atoms with Gasteiger partial charge in [-0.25, -0.2) is 13.9 Å². The lowest BCUT2D eigenvalue weighted by molar-refractivity contribution is 0.0706. The number of rotatable bonds is 6. The molecule has 4 rings (SSSR count). The Morgan fingerprint density at radius 3 is 2.50 bits per heavy atom. The number of hydrogen-bond acceptors (Lipinski definition) is 4. The summed E-state index contributed by atoms with van der Waals surface area (Å²) in [5.41, 5.74) is 4.16. The number of hydrogen-bond donors (Lipinski definition) is 3. The Bertz CT molecular complexity index is 1310. The Balaban J connectivity index is 1.60. The molecule has 3 N–H and O–H groups in total. The Morgan fingerprint density at radius 2 is 1.73 bits per heavy atom. The second kappa shape index (κ2) is 8.02. The lowest BCUT2D eigenvalue weighted by atomic mass is 10.1. The molecule has 152 valence electrons. The van der Waals surface area contributed by atoms with Crippen LogP contribution in [0.25, 0.3) is 10.9 Å². The number of amides is 1. The van der Waals surface area contributed by atoms with Crippen molar-refractivity contribution in [3.8, 4) is 0 Å². The molecular formula is C22H19N3O4S. The fourth-order valence-electron chi connectivity index (χ4n) is 3.27. The van der Waals surface area contributed by atoms with E-state index in [1.54, 1.807) is 60.1 Å². The first-order valence-electron chi connectivity index (χ1n) is 9.16. The van der Waals surface area contributed by atoms with E-state index in [2.05, 4.69) is 4.72 Å². The normalized spacial score (nSPS) is 11.4. The Hall–Kier alpha value is -3.62. The first-order chi connectivity index (χ1) is 14.5. The molecule has 1 heterocycles. The molecule has 0 aliphatic heterocycles. The van der Waals surface area contributed by atoms with Crippen molar-refractivity contribution in [3.63, 3.8) is 0 Å². The van der Waals surface area contributed by atoms with Gasteiger partial charge in [0.2, 0.25) is 0 Å². The number of aromatic nitrogens is 1. The predicted molar refractivity (Wildman–Crippen MR) is 114 cm³/mol. The smallest absolute Gasteiger partial charge is 0.274 e. The number of nitrogens with zero attached hydrogens (tertiary/aromatic N) is 1. The second-order valence-corrected chi connectivity index (χ2v) is 8.46. The highest BCUT2D eigenvalue weighted by molar-refractivity contribution is 7.92. The summed E-state index contributed by atoms with van der Waals surface area (Å²) in [6.07, 6.45) is 1.89. The summed E-state index contributed by atoms with van der Waals surface area (Å²) >= 11 is 0. The number of carbonyl (C=O) groups excluding carboxylic acids is 1. The average molecular weight is 421 g/mol. The molecule has 0 radical (unpaired) electrons. The van der Waals surface area contributed by atoms with Gasteiger partial charge in [0.25, 0.3) is 15.9 Å². The van der Waals surface area contributed by atoms with E-state index in [0.717, 1.165) is 16.5 Å². The number of benzene rings is 3. The molecule has 1 aromatic heterocycles. The minimum absolute atomic E-state index is 0.196. The summed E-state index contributed by atoms with van der Waals surface area (Å²) in [4.78, 5) is 11.9. The highest BCUT2D eigenvalue weighted by Crippen LogP contribution is 2.21. The summed E-state index contributed by atoms with van der Waals surface area (Å²) in [5, 5.41) is 9.81. The number of anilines is 1. The van der Waals surface area contributed by atoms with Crippen LogP contribution in [0.1, 0.15) is 15.9 Å². The number of carbonyl (C=O) groups is 1. The van der Waals surface area contributed by atoms with Gasteiger partial charge < -0.3 is 4.57 Å². The molecule has 0 aliphatic carbocycles. The van der Waals surface area contributed by atoms with Gasteiger partial charge in [-0.1, -0.05) is 36.4 Å². The van der Waals surface area contributed by atoms with Crippen LogP contribution in [0.15, 0.2) is 90.0 Å².